The molecule has 2 aliphatic heterocycles. The lowest BCUT2D eigenvalue weighted by atomic mass is 9.85. The zero-order valence-corrected chi connectivity index (χ0v) is 11.7. The summed E-state index contributed by atoms with van der Waals surface area (Å²) in [5.41, 5.74) is 0.0963. The molecule has 0 radical (unpaired) electrons. The normalized spacial score (nSPS) is 24.9. The second-order valence-electron chi connectivity index (χ2n) is 5.15. The number of rotatable bonds is 1. The third kappa shape index (κ3) is 1.51. The molecule has 0 bridgehead atoms. The summed E-state index contributed by atoms with van der Waals surface area (Å²) >= 11 is 0. The number of nitrogens with zero attached hydrogens (tertiary/aromatic N) is 2. The van der Waals surface area contributed by atoms with E-state index < -0.39 is 5.54 Å². The van der Waals surface area contributed by atoms with Crippen LogP contribution in [0.3, 0.4) is 0 Å². The first-order valence-electron chi connectivity index (χ1n) is 6.35. The van der Waals surface area contributed by atoms with Crippen molar-refractivity contribution in [2.24, 2.45) is 0 Å². The maximum absolute atomic E-state index is 12.2. The van der Waals surface area contributed by atoms with Gasteiger partial charge in [-0.15, -0.1) is 0 Å². The molecule has 20 heavy (non-hydrogen) atoms. The Morgan fingerprint density at radius 3 is 2.75 bits per heavy atom. The summed E-state index contributed by atoms with van der Waals surface area (Å²) in [5.74, 6) is 1.18. The fourth-order valence-electron chi connectivity index (χ4n) is 2.83. The van der Waals surface area contributed by atoms with Crippen LogP contribution in [0, 0.1) is 0 Å². The van der Waals surface area contributed by atoms with Gasteiger partial charge in [-0.3, -0.25) is 9.69 Å². The van der Waals surface area contributed by atoms with Crippen LogP contribution in [0.25, 0.3) is 0 Å². The average molecular weight is 276 g/mol. The maximum atomic E-state index is 12.2. The van der Waals surface area contributed by atoms with Gasteiger partial charge in [0.1, 0.15) is 23.6 Å². The summed E-state index contributed by atoms with van der Waals surface area (Å²) in [5, 5.41) is 0. The molecule has 1 saturated heterocycles. The first-order chi connectivity index (χ1) is 9.49. The van der Waals surface area contributed by atoms with E-state index in [1.807, 2.05) is 12.1 Å². The van der Waals surface area contributed by atoms with Gasteiger partial charge in [0.15, 0.2) is 0 Å². The van der Waals surface area contributed by atoms with Crippen molar-refractivity contribution in [3.63, 3.8) is 0 Å². The largest absolute Gasteiger partial charge is 0.497 e. The van der Waals surface area contributed by atoms with Crippen molar-refractivity contribution < 1.29 is 19.1 Å². The van der Waals surface area contributed by atoms with E-state index in [1.165, 1.54) is 7.05 Å². The van der Waals surface area contributed by atoms with Gasteiger partial charge in [0.2, 0.25) is 5.91 Å². The van der Waals surface area contributed by atoms with Gasteiger partial charge in [0.25, 0.3) is 0 Å². The van der Waals surface area contributed by atoms with Gasteiger partial charge in [-0.2, -0.15) is 0 Å². The monoisotopic (exact) mass is 276 g/mol. The molecule has 3 amide bonds. The quantitative estimate of drug-likeness (QED) is 0.773. The van der Waals surface area contributed by atoms with E-state index in [-0.39, 0.29) is 25.0 Å². The molecule has 2 heterocycles. The van der Waals surface area contributed by atoms with Crippen LogP contribution in [0.4, 0.5) is 4.79 Å². The molecule has 1 atom stereocenters. The van der Waals surface area contributed by atoms with E-state index >= 15 is 0 Å². The molecule has 2 aliphatic rings. The molecule has 6 heteroatoms. The number of imide groups is 1. The van der Waals surface area contributed by atoms with Crippen molar-refractivity contribution >= 4 is 11.9 Å². The van der Waals surface area contributed by atoms with Gasteiger partial charge >= 0.3 is 6.03 Å². The summed E-state index contributed by atoms with van der Waals surface area (Å²) in [4.78, 5) is 27.0. The second-order valence-corrected chi connectivity index (χ2v) is 5.15. The number of benzene rings is 1. The van der Waals surface area contributed by atoms with Gasteiger partial charge in [0, 0.05) is 19.7 Å². The molecule has 1 fully saturated rings. The lowest BCUT2D eigenvalue weighted by molar-refractivity contribution is -0.134. The fourth-order valence-corrected chi connectivity index (χ4v) is 2.83. The minimum absolute atomic E-state index is 0.202. The summed E-state index contributed by atoms with van der Waals surface area (Å²) in [6.07, 6.45) is 0.214. The van der Waals surface area contributed by atoms with E-state index in [1.54, 1.807) is 25.1 Å². The van der Waals surface area contributed by atoms with Gasteiger partial charge in [-0.1, -0.05) is 0 Å². The van der Waals surface area contributed by atoms with E-state index in [4.69, 9.17) is 9.47 Å². The van der Waals surface area contributed by atoms with Gasteiger partial charge in [-0.25, -0.2) is 4.79 Å². The third-order valence-electron chi connectivity index (χ3n) is 4.19. The summed E-state index contributed by atoms with van der Waals surface area (Å²) < 4.78 is 10.9. The highest BCUT2D eigenvalue weighted by Crippen LogP contribution is 2.46. The van der Waals surface area contributed by atoms with Crippen LogP contribution in [-0.2, 0) is 10.3 Å². The van der Waals surface area contributed by atoms with Crippen molar-refractivity contribution in [2.45, 2.75) is 12.0 Å². The number of carbonyl (C=O) groups excluding carboxylic acids is 2. The molecule has 0 saturated carbocycles. The van der Waals surface area contributed by atoms with E-state index in [2.05, 4.69) is 0 Å². The zero-order chi connectivity index (χ0) is 14.5. The summed E-state index contributed by atoms with van der Waals surface area (Å²) in [6.45, 7) is 0.289. The van der Waals surface area contributed by atoms with Crippen LogP contribution >= 0.6 is 0 Å². The molecule has 0 aromatic heterocycles. The van der Waals surface area contributed by atoms with E-state index in [0.29, 0.717) is 11.5 Å². The number of amides is 3. The van der Waals surface area contributed by atoms with Crippen LogP contribution in [0.15, 0.2) is 18.2 Å². The van der Waals surface area contributed by atoms with Crippen LogP contribution in [0.2, 0.25) is 0 Å². The van der Waals surface area contributed by atoms with Crippen molar-refractivity contribution in [1.29, 1.82) is 0 Å². The highest BCUT2D eigenvalue weighted by molar-refractivity contribution is 5.98. The van der Waals surface area contributed by atoms with Gasteiger partial charge < -0.3 is 14.4 Å². The molecular weight excluding hydrogens is 260 g/mol. The molecule has 6 nitrogen and oxygen atoms in total. The predicted octanol–water partition coefficient (Wildman–Crippen LogP) is 1.20. The van der Waals surface area contributed by atoms with Crippen molar-refractivity contribution in [2.75, 3.05) is 27.8 Å². The lowest BCUT2D eigenvalue weighted by Gasteiger charge is -2.43. The molecule has 1 spiro atoms. The first-order valence-corrected chi connectivity index (χ1v) is 6.35. The number of fused-ring (bicyclic) bond motifs is 2. The third-order valence-corrected chi connectivity index (χ3v) is 4.19. The molecule has 1 aromatic rings. The number of methoxy groups -OCH3 is 1. The Balaban J connectivity index is 2.12. The highest BCUT2D eigenvalue weighted by Gasteiger charge is 2.52. The number of hydrogen-bond acceptors (Lipinski definition) is 4. The number of ether oxygens (including phenoxy) is 2. The maximum Gasteiger partial charge on any atom is 0.327 e. The Morgan fingerprint density at radius 1 is 1.30 bits per heavy atom. The molecule has 0 N–H and O–H groups in total. The highest BCUT2D eigenvalue weighted by atomic mass is 16.5. The van der Waals surface area contributed by atoms with Crippen LogP contribution < -0.4 is 9.47 Å². The predicted molar refractivity (Wildman–Crippen MR) is 70.7 cm³/mol. The molecule has 0 aliphatic carbocycles. The topological polar surface area (TPSA) is 59.1 Å². The number of urea groups is 1. The Hall–Kier alpha value is -2.24. The summed E-state index contributed by atoms with van der Waals surface area (Å²) in [7, 11) is 4.78. The lowest BCUT2D eigenvalue weighted by Crippen LogP contribution is -2.60. The Labute approximate surface area is 116 Å². The Bertz CT molecular complexity index is 601. The zero-order valence-electron chi connectivity index (χ0n) is 11.7. The molecule has 106 valence electrons. The van der Waals surface area contributed by atoms with Gasteiger partial charge in [0.05, 0.1) is 13.5 Å². The van der Waals surface area contributed by atoms with Crippen LogP contribution in [-0.4, -0.2) is 49.6 Å². The standard InChI is InChI=1S/C14H16N2O4/c1-15-12(17)7-14(16(2)13(15)18)8-20-11-5-4-9(19-3)6-10(11)14/h4-6H,7-8H2,1-3H3. The van der Waals surface area contributed by atoms with Crippen LogP contribution in [0.5, 0.6) is 11.5 Å². The molecule has 1 aromatic carbocycles. The van der Waals surface area contributed by atoms with Crippen molar-refractivity contribution in [3.8, 4) is 11.5 Å². The van der Waals surface area contributed by atoms with E-state index in [0.717, 1.165) is 10.5 Å². The number of carbonyl (C=O) groups is 2. The minimum atomic E-state index is -0.732. The fraction of sp³-hybridized carbons (Fsp3) is 0.429. The average Bonchev–Trinajstić information content (AvgIpc) is 2.82. The molecule has 3 rings (SSSR count). The smallest absolute Gasteiger partial charge is 0.327 e. The van der Waals surface area contributed by atoms with Crippen molar-refractivity contribution in [3.05, 3.63) is 23.8 Å². The first kappa shape index (κ1) is 12.8. The Morgan fingerprint density at radius 2 is 2.05 bits per heavy atom. The second kappa shape index (κ2) is 4.13. The van der Waals surface area contributed by atoms with Crippen molar-refractivity contribution in [1.82, 2.24) is 9.80 Å². The van der Waals surface area contributed by atoms with Gasteiger partial charge in [-0.05, 0) is 18.2 Å². The number of likely N-dealkylation sites (N-methyl/N-ethyl adjacent to an activating group) is 1. The Kier molecular flexibility index (Phi) is 2.64. The number of hydrogen-bond donors (Lipinski definition) is 0. The minimum Gasteiger partial charge on any atom is -0.497 e. The van der Waals surface area contributed by atoms with E-state index in [9.17, 15) is 9.59 Å². The molecule has 1 unspecified atom stereocenters. The summed E-state index contributed by atoms with van der Waals surface area (Å²) in [6, 6.07) is 5.13. The van der Waals surface area contributed by atoms with Crippen LogP contribution in [0.1, 0.15) is 12.0 Å². The SMILES string of the molecule is COc1ccc2c(c1)C1(CO2)CC(=O)N(C)C(=O)N1C. The molecular formula is C14H16N2O4.